The Hall–Kier alpha value is -0.570. The zero-order valence-corrected chi connectivity index (χ0v) is 7.43. The lowest BCUT2D eigenvalue weighted by Gasteiger charge is -2.07. The van der Waals surface area contributed by atoms with E-state index in [-0.39, 0.29) is 17.1 Å². The van der Waals surface area contributed by atoms with E-state index >= 15 is 0 Å². The van der Waals surface area contributed by atoms with E-state index in [2.05, 4.69) is 4.74 Å². The van der Waals surface area contributed by atoms with Crippen molar-refractivity contribution >= 4 is 23.4 Å². The number of ether oxygens (including phenoxy) is 1. The minimum Gasteiger partial charge on any atom is -0.468 e. The van der Waals surface area contributed by atoms with Crippen LogP contribution in [0.25, 0.3) is 0 Å². The molecule has 2 saturated carbocycles. The van der Waals surface area contributed by atoms with Gasteiger partial charge in [0.1, 0.15) is 5.41 Å². The van der Waals surface area contributed by atoms with Crippen LogP contribution in [0.3, 0.4) is 0 Å². The van der Waals surface area contributed by atoms with Crippen LogP contribution in [0.15, 0.2) is 0 Å². The smallest absolute Gasteiger partial charge is 0.321 e. The first kappa shape index (κ1) is 8.05. The number of fused-ring (bicyclic) bond motifs is 1. The van der Waals surface area contributed by atoms with Crippen LogP contribution in [0.1, 0.15) is 12.8 Å². The van der Waals surface area contributed by atoms with Crippen LogP contribution in [0.5, 0.6) is 0 Å². The van der Waals surface area contributed by atoms with E-state index in [0.717, 1.165) is 6.42 Å². The minimum atomic E-state index is -0.948. The van der Waals surface area contributed by atoms with Crippen LogP contribution in [-0.2, 0) is 14.3 Å². The van der Waals surface area contributed by atoms with E-state index in [1.54, 1.807) is 0 Å². The summed E-state index contributed by atoms with van der Waals surface area (Å²) >= 11 is 5.86. The second-order valence-corrected chi connectivity index (χ2v) is 3.80. The van der Waals surface area contributed by atoms with Crippen molar-refractivity contribution in [3.05, 3.63) is 0 Å². The predicted octanol–water partition coefficient (Wildman–Crippen LogP) is 0.746. The average molecular weight is 189 g/mol. The third-order valence-corrected chi connectivity index (χ3v) is 3.58. The molecule has 4 heteroatoms. The van der Waals surface area contributed by atoms with E-state index in [1.165, 1.54) is 7.11 Å². The molecular weight excluding hydrogens is 180 g/mol. The SMILES string of the molecule is COC(=O)[C@@]12C(=O)CC[C@@H]1[C@H]2Cl. The number of carbonyl (C=O) groups is 2. The molecule has 2 fully saturated rings. The van der Waals surface area contributed by atoms with Crippen LogP contribution >= 0.6 is 11.6 Å². The van der Waals surface area contributed by atoms with Gasteiger partial charge in [0.15, 0.2) is 5.78 Å². The van der Waals surface area contributed by atoms with Gasteiger partial charge in [0.2, 0.25) is 0 Å². The number of Topliss-reactive ketones (excluding diaryl/α,β-unsaturated/α-hetero) is 1. The number of hydrogen-bond donors (Lipinski definition) is 0. The van der Waals surface area contributed by atoms with Crippen molar-refractivity contribution in [1.82, 2.24) is 0 Å². The van der Waals surface area contributed by atoms with Gasteiger partial charge in [-0.15, -0.1) is 11.6 Å². The Morgan fingerprint density at radius 2 is 2.42 bits per heavy atom. The molecule has 3 atom stereocenters. The van der Waals surface area contributed by atoms with Gasteiger partial charge in [-0.05, 0) is 6.42 Å². The average Bonchev–Trinajstić information content (AvgIpc) is 2.48. The van der Waals surface area contributed by atoms with Gasteiger partial charge in [-0.3, -0.25) is 9.59 Å². The normalized spacial score (nSPS) is 44.0. The maximum Gasteiger partial charge on any atom is 0.321 e. The van der Waals surface area contributed by atoms with Crippen molar-refractivity contribution in [2.45, 2.75) is 18.2 Å². The van der Waals surface area contributed by atoms with Crippen LogP contribution in [0, 0.1) is 11.3 Å². The van der Waals surface area contributed by atoms with Gasteiger partial charge < -0.3 is 4.74 Å². The molecule has 3 nitrogen and oxygen atoms in total. The quantitative estimate of drug-likeness (QED) is 0.347. The highest BCUT2D eigenvalue weighted by atomic mass is 35.5. The second kappa shape index (κ2) is 2.22. The highest BCUT2D eigenvalue weighted by Crippen LogP contribution is 2.64. The highest BCUT2D eigenvalue weighted by Gasteiger charge is 2.76. The molecule has 0 N–H and O–H groups in total. The molecule has 0 unspecified atom stereocenters. The molecule has 66 valence electrons. The number of ketones is 1. The zero-order valence-electron chi connectivity index (χ0n) is 6.67. The van der Waals surface area contributed by atoms with Gasteiger partial charge in [0.25, 0.3) is 0 Å². The van der Waals surface area contributed by atoms with Crippen molar-refractivity contribution in [2.24, 2.45) is 11.3 Å². The Bertz CT molecular complexity index is 263. The first-order chi connectivity index (χ1) is 5.65. The molecule has 0 aromatic carbocycles. The summed E-state index contributed by atoms with van der Waals surface area (Å²) in [5.74, 6) is -0.450. The monoisotopic (exact) mass is 188 g/mol. The highest BCUT2D eigenvalue weighted by molar-refractivity contribution is 6.31. The minimum absolute atomic E-state index is 0.0408. The predicted molar refractivity (Wildman–Crippen MR) is 41.8 cm³/mol. The Morgan fingerprint density at radius 3 is 2.83 bits per heavy atom. The molecule has 0 amide bonds. The van der Waals surface area contributed by atoms with Crippen LogP contribution in [0.4, 0.5) is 0 Å². The Balaban J connectivity index is 2.31. The summed E-state index contributed by atoms with van der Waals surface area (Å²) in [6.45, 7) is 0. The molecule has 0 spiro atoms. The van der Waals surface area contributed by atoms with Gasteiger partial charge >= 0.3 is 5.97 Å². The van der Waals surface area contributed by atoms with Gasteiger partial charge in [0, 0.05) is 12.3 Å². The van der Waals surface area contributed by atoms with Crippen LogP contribution in [0.2, 0.25) is 0 Å². The molecule has 0 bridgehead atoms. The third kappa shape index (κ3) is 0.637. The van der Waals surface area contributed by atoms with Gasteiger partial charge in [0.05, 0.1) is 12.5 Å². The number of carbonyl (C=O) groups excluding carboxylic acids is 2. The Kier molecular flexibility index (Phi) is 1.49. The summed E-state index contributed by atoms with van der Waals surface area (Å²) in [5.41, 5.74) is -0.948. The number of hydrogen-bond acceptors (Lipinski definition) is 3. The largest absolute Gasteiger partial charge is 0.468 e. The fourth-order valence-corrected chi connectivity index (χ4v) is 2.81. The summed E-state index contributed by atoms with van der Waals surface area (Å²) in [6.07, 6.45) is 1.21. The maximum absolute atomic E-state index is 11.4. The number of esters is 1. The number of rotatable bonds is 1. The molecule has 2 aliphatic rings. The fraction of sp³-hybridized carbons (Fsp3) is 0.750. The summed E-state index contributed by atoms with van der Waals surface area (Å²) < 4.78 is 4.58. The van der Waals surface area contributed by atoms with Crippen molar-refractivity contribution in [2.75, 3.05) is 7.11 Å². The molecule has 0 aromatic heterocycles. The van der Waals surface area contributed by atoms with E-state index in [9.17, 15) is 9.59 Å². The third-order valence-electron chi connectivity index (χ3n) is 2.93. The van der Waals surface area contributed by atoms with Crippen molar-refractivity contribution < 1.29 is 14.3 Å². The maximum atomic E-state index is 11.4. The zero-order chi connectivity index (χ0) is 8.93. The van der Waals surface area contributed by atoms with Gasteiger partial charge in [-0.1, -0.05) is 0 Å². The molecule has 0 heterocycles. The van der Waals surface area contributed by atoms with E-state index in [1.807, 2.05) is 0 Å². The molecule has 0 radical (unpaired) electrons. The van der Waals surface area contributed by atoms with Crippen molar-refractivity contribution in [1.29, 1.82) is 0 Å². The lowest BCUT2D eigenvalue weighted by atomic mass is 10.0. The molecule has 2 aliphatic carbocycles. The van der Waals surface area contributed by atoms with Crippen LogP contribution < -0.4 is 0 Å². The summed E-state index contributed by atoms with van der Waals surface area (Å²) in [7, 11) is 1.29. The molecule has 0 saturated heterocycles. The number of halogens is 1. The number of methoxy groups -OCH3 is 1. The molecule has 0 aliphatic heterocycles. The summed E-state index contributed by atoms with van der Waals surface area (Å²) in [5, 5.41) is -0.314. The topological polar surface area (TPSA) is 43.4 Å². The van der Waals surface area contributed by atoms with Crippen molar-refractivity contribution in [3.63, 3.8) is 0 Å². The molecule has 2 rings (SSSR count). The van der Waals surface area contributed by atoms with E-state index < -0.39 is 11.4 Å². The molecule has 0 aromatic rings. The summed E-state index contributed by atoms with van der Waals surface area (Å²) in [6, 6.07) is 0. The Labute approximate surface area is 75.0 Å². The number of alkyl halides is 1. The first-order valence-corrected chi connectivity index (χ1v) is 4.35. The van der Waals surface area contributed by atoms with E-state index in [0.29, 0.717) is 6.42 Å². The fourth-order valence-electron chi connectivity index (χ4n) is 2.19. The van der Waals surface area contributed by atoms with Crippen LogP contribution in [-0.4, -0.2) is 24.2 Å². The Morgan fingerprint density at radius 1 is 1.75 bits per heavy atom. The molecule has 12 heavy (non-hydrogen) atoms. The summed E-state index contributed by atoms with van der Waals surface area (Å²) in [4.78, 5) is 22.6. The second-order valence-electron chi connectivity index (χ2n) is 3.33. The standard InChI is InChI=1S/C8H9ClO3/c1-12-7(11)8-4(6(8)9)2-3-5(8)10/h4,6H,2-3H2,1H3/t4-,6-,8-/m1/s1. The van der Waals surface area contributed by atoms with E-state index in [4.69, 9.17) is 11.6 Å². The van der Waals surface area contributed by atoms with Gasteiger partial charge in [-0.25, -0.2) is 0 Å². The van der Waals surface area contributed by atoms with Gasteiger partial charge in [-0.2, -0.15) is 0 Å². The van der Waals surface area contributed by atoms with Crippen molar-refractivity contribution in [3.8, 4) is 0 Å². The molecular formula is C8H9ClO3. The first-order valence-electron chi connectivity index (χ1n) is 3.91. The lowest BCUT2D eigenvalue weighted by Crippen LogP contribution is -2.27. The lowest BCUT2D eigenvalue weighted by molar-refractivity contribution is -0.150.